The van der Waals surface area contributed by atoms with Gasteiger partial charge in [-0.15, -0.1) is 0 Å². The summed E-state index contributed by atoms with van der Waals surface area (Å²) in [4.78, 5) is 21.0. The number of amides is 1. The summed E-state index contributed by atoms with van der Waals surface area (Å²) in [6.45, 7) is 4.02. The van der Waals surface area contributed by atoms with Crippen LogP contribution in [0.1, 0.15) is 27.5 Å². The number of ether oxygens (including phenoxy) is 1. The molecule has 3 rings (SSSR count). The van der Waals surface area contributed by atoms with Crippen LogP contribution in [-0.2, 0) is 6.54 Å². The van der Waals surface area contributed by atoms with E-state index >= 15 is 0 Å². The molecular weight excluding hydrogens is 334 g/mol. The van der Waals surface area contributed by atoms with Crippen LogP contribution in [0.5, 0.6) is 5.75 Å². The van der Waals surface area contributed by atoms with Crippen LogP contribution in [0.25, 0.3) is 0 Å². The molecule has 1 amide bonds. The van der Waals surface area contributed by atoms with E-state index in [4.69, 9.17) is 9.26 Å². The molecule has 0 saturated carbocycles. The fraction of sp³-hybridized carbons (Fsp3) is 0.222. The first-order valence-corrected chi connectivity index (χ1v) is 8.01. The maximum absolute atomic E-state index is 12.4. The maximum atomic E-state index is 12.4. The van der Waals surface area contributed by atoms with E-state index in [0.717, 1.165) is 11.3 Å². The number of aromatic nitrogens is 3. The van der Waals surface area contributed by atoms with Gasteiger partial charge in [-0.05, 0) is 26.0 Å². The molecule has 0 spiro atoms. The van der Waals surface area contributed by atoms with Crippen molar-refractivity contribution >= 4 is 17.7 Å². The van der Waals surface area contributed by atoms with E-state index in [2.05, 4.69) is 25.8 Å². The number of nitrogens with one attached hydrogen (secondary N) is 2. The Kier molecular flexibility index (Phi) is 5.12. The Hall–Kier alpha value is -3.42. The second-order valence-corrected chi connectivity index (χ2v) is 5.66. The Morgan fingerprint density at radius 1 is 1.19 bits per heavy atom. The van der Waals surface area contributed by atoms with Gasteiger partial charge in [0.1, 0.15) is 17.2 Å². The summed E-state index contributed by atoms with van der Waals surface area (Å²) in [6.07, 6.45) is 0. The third-order valence-electron chi connectivity index (χ3n) is 3.59. The average Bonchev–Trinajstić information content (AvgIpc) is 3.04. The number of benzene rings is 1. The molecule has 134 valence electrons. The number of para-hydroxylation sites is 1. The Morgan fingerprint density at radius 2 is 2.00 bits per heavy atom. The lowest BCUT2D eigenvalue weighted by Gasteiger charge is -2.10. The smallest absolute Gasteiger partial charge is 0.275 e. The number of methoxy groups -OCH3 is 1. The van der Waals surface area contributed by atoms with Gasteiger partial charge in [-0.1, -0.05) is 23.4 Å². The van der Waals surface area contributed by atoms with Crippen LogP contribution in [0.15, 0.2) is 40.9 Å². The molecule has 1 aromatic carbocycles. The molecule has 8 nitrogen and oxygen atoms in total. The van der Waals surface area contributed by atoms with Crippen molar-refractivity contribution < 1.29 is 14.1 Å². The summed E-state index contributed by atoms with van der Waals surface area (Å²) < 4.78 is 10.3. The van der Waals surface area contributed by atoms with E-state index in [9.17, 15) is 4.79 Å². The first-order chi connectivity index (χ1) is 12.5. The molecular formula is C18H19N5O3. The summed E-state index contributed by atoms with van der Waals surface area (Å²) in [6, 6.07) is 10.9. The Labute approximate surface area is 150 Å². The molecule has 0 unspecified atom stereocenters. The molecule has 0 radical (unpaired) electrons. The summed E-state index contributed by atoms with van der Waals surface area (Å²) in [7, 11) is 1.62. The van der Waals surface area contributed by atoms with E-state index in [1.54, 1.807) is 33.1 Å². The molecule has 0 aliphatic heterocycles. The highest BCUT2D eigenvalue weighted by Gasteiger charge is 2.13. The lowest BCUT2D eigenvalue weighted by Crippen LogP contribution is -2.16. The molecule has 0 bridgehead atoms. The number of aryl methyl sites for hydroxylation is 2. The third-order valence-corrected chi connectivity index (χ3v) is 3.59. The van der Waals surface area contributed by atoms with Crippen molar-refractivity contribution in [3.8, 4) is 5.75 Å². The predicted molar refractivity (Wildman–Crippen MR) is 96.3 cm³/mol. The molecule has 0 aliphatic carbocycles. The Balaban J connectivity index is 1.73. The van der Waals surface area contributed by atoms with E-state index < -0.39 is 0 Å². The monoisotopic (exact) mass is 353 g/mol. The SMILES string of the molecule is COc1ccccc1CNc1nc(C)cc(C(=O)Nc2cc(C)on2)n1. The fourth-order valence-corrected chi connectivity index (χ4v) is 2.39. The Morgan fingerprint density at radius 3 is 2.73 bits per heavy atom. The van der Waals surface area contributed by atoms with Crippen molar-refractivity contribution in [2.45, 2.75) is 20.4 Å². The van der Waals surface area contributed by atoms with Crippen molar-refractivity contribution in [2.75, 3.05) is 17.7 Å². The predicted octanol–water partition coefficient (Wildman–Crippen LogP) is 2.95. The molecule has 2 N–H and O–H groups in total. The van der Waals surface area contributed by atoms with E-state index in [1.165, 1.54) is 0 Å². The zero-order valence-electron chi connectivity index (χ0n) is 14.7. The van der Waals surface area contributed by atoms with Crippen LogP contribution in [0, 0.1) is 13.8 Å². The number of anilines is 2. The quantitative estimate of drug-likeness (QED) is 0.702. The summed E-state index contributed by atoms with van der Waals surface area (Å²) in [5.74, 6) is 1.69. The standard InChI is InChI=1S/C18H19N5O3/c1-11-8-14(17(24)22-16-9-12(2)26-23-16)21-18(20-11)19-10-13-6-4-5-7-15(13)25-3/h4-9H,10H2,1-3H3,(H,19,20,21)(H,22,23,24). The van der Waals surface area contributed by atoms with Gasteiger partial charge in [0.2, 0.25) is 5.95 Å². The van der Waals surface area contributed by atoms with E-state index in [1.807, 2.05) is 24.3 Å². The van der Waals surface area contributed by atoms with E-state index in [0.29, 0.717) is 29.8 Å². The first-order valence-electron chi connectivity index (χ1n) is 8.01. The van der Waals surface area contributed by atoms with Gasteiger partial charge in [0, 0.05) is 23.9 Å². The average molecular weight is 353 g/mol. The first kappa shape index (κ1) is 17.4. The van der Waals surface area contributed by atoms with Crippen LogP contribution in [0.2, 0.25) is 0 Å². The topological polar surface area (TPSA) is 102 Å². The molecule has 2 heterocycles. The third kappa shape index (κ3) is 4.15. The van der Waals surface area contributed by atoms with Crippen molar-refractivity contribution in [1.29, 1.82) is 0 Å². The van der Waals surface area contributed by atoms with Crippen molar-refractivity contribution in [3.05, 3.63) is 59.1 Å². The van der Waals surface area contributed by atoms with Crippen LogP contribution >= 0.6 is 0 Å². The van der Waals surface area contributed by atoms with Crippen molar-refractivity contribution in [3.63, 3.8) is 0 Å². The number of rotatable bonds is 6. The van der Waals surface area contributed by atoms with Gasteiger partial charge < -0.3 is 19.9 Å². The van der Waals surface area contributed by atoms with Gasteiger partial charge in [0.05, 0.1) is 7.11 Å². The van der Waals surface area contributed by atoms with Gasteiger partial charge in [-0.25, -0.2) is 9.97 Å². The normalized spacial score (nSPS) is 10.4. The van der Waals surface area contributed by atoms with Gasteiger partial charge in [-0.3, -0.25) is 4.79 Å². The fourth-order valence-electron chi connectivity index (χ4n) is 2.39. The van der Waals surface area contributed by atoms with Gasteiger partial charge in [0.15, 0.2) is 5.82 Å². The molecule has 2 aromatic heterocycles. The van der Waals surface area contributed by atoms with Gasteiger partial charge in [-0.2, -0.15) is 0 Å². The highest BCUT2D eigenvalue weighted by Crippen LogP contribution is 2.18. The molecule has 0 aliphatic rings. The minimum Gasteiger partial charge on any atom is -0.496 e. The van der Waals surface area contributed by atoms with Crippen molar-refractivity contribution in [1.82, 2.24) is 15.1 Å². The minimum atomic E-state index is -0.385. The summed E-state index contributed by atoms with van der Waals surface area (Å²) in [5, 5.41) is 9.51. The Bertz CT molecular complexity index is 923. The number of carbonyl (C=O) groups is 1. The summed E-state index contributed by atoms with van der Waals surface area (Å²) in [5.41, 5.74) is 1.87. The minimum absolute atomic E-state index is 0.237. The van der Waals surface area contributed by atoms with Crippen LogP contribution in [0.4, 0.5) is 11.8 Å². The van der Waals surface area contributed by atoms with E-state index in [-0.39, 0.29) is 11.6 Å². The second kappa shape index (κ2) is 7.64. The summed E-state index contributed by atoms with van der Waals surface area (Å²) >= 11 is 0. The maximum Gasteiger partial charge on any atom is 0.275 e. The van der Waals surface area contributed by atoms with Crippen molar-refractivity contribution in [2.24, 2.45) is 0 Å². The highest BCUT2D eigenvalue weighted by molar-refractivity contribution is 6.02. The zero-order chi connectivity index (χ0) is 18.5. The van der Waals surface area contributed by atoms with Crippen LogP contribution in [0.3, 0.4) is 0 Å². The number of hydrogen-bond donors (Lipinski definition) is 2. The van der Waals surface area contributed by atoms with Crippen LogP contribution < -0.4 is 15.4 Å². The molecule has 26 heavy (non-hydrogen) atoms. The molecule has 3 aromatic rings. The number of nitrogens with zero attached hydrogens (tertiary/aromatic N) is 3. The number of carbonyl (C=O) groups excluding carboxylic acids is 1. The van der Waals surface area contributed by atoms with Gasteiger partial charge in [0.25, 0.3) is 5.91 Å². The number of hydrogen-bond acceptors (Lipinski definition) is 7. The molecule has 8 heteroatoms. The van der Waals surface area contributed by atoms with Crippen LogP contribution in [-0.4, -0.2) is 28.1 Å². The van der Waals surface area contributed by atoms with Gasteiger partial charge >= 0.3 is 0 Å². The molecule has 0 atom stereocenters. The lowest BCUT2D eigenvalue weighted by atomic mass is 10.2. The lowest BCUT2D eigenvalue weighted by molar-refractivity contribution is 0.102. The second-order valence-electron chi connectivity index (χ2n) is 5.66. The highest BCUT2D eigenvalue weighted by atomic mass is 16.5. The zero-order valence-corrected chi connectivity index (χ0v) is 14.7. The largest absolute Gasteiger partial charge is 0.496 e. The molecule has 0 saturated heterocycles. The molecule has 0 fully saturated rings.